The van der Waals surface area contributed by atoms with Crippen LogP contribution in [0.2, 0.25) is 0 Å². The van der Waals surface area contributed by atoms with Gasteiger partial charge in [0.1, 0.15) is 0 Å². The number of nitrogens with one attached hydrogen (secondary N) is 1. The molecule has 0 aliphatic rings. The molecule has 1 heterocycles. The first-order chi connectivity index (χ1) is 6.86. The molecule has 0 bridgehead atoms. The van der Waals surface area contributed by atoms with Crippen LogP contribution >= 0.6 is 11.3 Å². The van der Waals surface area contributed by atoms with E-state index in [-0.39, 0.29) is 0 Å². The summed E-state index contributed by atoms with van der Waals surface area (Å²) in [6.45, 7) is 3.95. The van der Waals surface area contributed by atoms with Crippen LogP contribution in [0.4, 0.5) is 0 Å². The third kappa shape index (κ3) is 4.22. The lowest BCUT2D eigenvalue weighted by molar-refractivity contribution is 0.163. The minimum absolute atomic E-state index is 0.491. The molecule has 1 atom stereocenters. The van der Waals surface area contributed by atoms with Crippen LogP contribution in [0.25, 0.3) is 0 Å². The van der Waals surface area contributed by atoms with Crippen LogP contribution in [0.15, 0.2) is 16.8 Å². The number of thiophene rings is 1. The molecule has 0 saturated heterocycles. The number of hydrogen-bond donors (Lipinski definition) is 1. The first-order valence-electron chi connectivity index (χ1n) is 5.10. The summed E-state index contributed by atoms with van der Waals surface area (Å²) >= 11 is 1.77. The van der Waals surface area contributed by atoms with E-state index in [0.29, 0.717) is 6.04 Å². The van der Waals surface area contributed by atoms with Crippen molar-refractivity contribution in [3.8, 4) is 0 Å². The second kappa shape index (κ2) is 6.98. The summed E-state index contributed by atoms with van der Waals surface area (Å²) in [5.74, 6) is 0. The molecule has 0 spiro atoms. The Morgan fingerprint density at radius 1 is 1.57 bits per heavy atom. The lowest BCUT2D eigenvalue weighted by Crippen LogP contribution is -2.33. The molecule has 1 N–H and O–H groups in total. The zero-order valence-corrected chi connectivity index (χ0v) is 9.77. The van der Waals surface area contributed by atoms with Crippen molar-refractivity contribution >= 4 is 11.3 Å². The SMILES string of the molecule is CCNC(CCc1ccsc1)COC. The van der Waals surface area contributed by atoms with Crippen molar-refractivity contribution in [3.05, 3.63) is 22.4 Å². The van der Waals surface area contributed by atoms with Crippen LogP contribution in [0.3, 0.4) is 0 Å². The molecule has 1 aromatic heterocycles. The fraction of sp³-hybridized carbons (Fsp3) is 0.636. The van der Waals surface area contributed by atoms with Crippen LogP contribution in [0.5, 0.6) is 0 Å². The van der Waals surface area contributed by atoms with Crippen molar-refractivity contribution in [2.45, 2.75) is 25.8 Å². The standard InChI is InChI=1S/C11H19NOS/c1-3-12-11(8-13-2)5-4-10-6-7-14-9-10/h6-7,9,11-12H,3-5,8H2,1-2H3. The third-order valence-electron chi connectivity index (χ3n) is 2.22. The largest absolute Gasteiger partial charge is 0.383 e. The molecule has 0 aliphatic heterocycles. The molecular formula is C11H19NOS. The van der Waals surface area contributed by atoms with E-state index in [9.17, 15) is 0 Å². The highest BCUT2D eigenvalue weighted by Gasteiger charge is 2.06. The number of rotatable bonds is 7. The molecule has 80 valence electrons. The van der Waals surface area contributed by atoms with Crippen LogP contribution in [-0.2, 0) is 11.2 Å². The van der Waals surface area contributed by atoms with E-state index in [1.54, 1.807) is 18.4 Å². The van der Waals surface area contributed by atoms with Crippen LogP contribution < -0.4 is 5.32 Å². The zero-order valence-electron chi connectivity index (χ0n) is 8.95. The van der Waals surface area contributed by atoms with Gasteiger partial charge < -0.3 is 10.1 Å². The summed E-state index contributed by atoms with van der Waals surface area (Å²) in [4.78, 5) is 0. The second-order valence-corrected chi connectivity index (χ2v) is 4.16. The Morgan fingerprint density at radius 3 is 3.00 bits per heavy atom. The van der Waals surface area contributed by atoms with Gasteiger partial charge >= 0.3 is 0 Å². The summed E-state index contributed by atoms with van der Waals surface area (Å²) in [6, 6.07) is 2.69. The quantitative estimate of drug-likeness (QED) is 0.750. The van der Waals surface area contributed by atoms with E-state index in [2.05, 4.69) is 29.1 Å². The first kappa shape index (κ1) is 11.7. The number of methoxy groups -OCH3 is 1. The van der Waals surface area contributed by atoms with Gasteiger partial charge in [0.15, 0.2) is 0 Å². The molecule has 0 radical (unpaired) electrons. The van der Waals surface area contributed by atoms with E-state index >= 15 is 0 Å². The molecule has 0 fully saturated rings. The summed E-state index contributed by atoms with van der Waals surface area (Å²) in [5.41, 5.74) is 1.44. The van der Waals surface area contributed by atoms with Crippen molar-refractivity contribution in [1.82, 2.24) is 5.32 Å². The predicted molar refractivity (Wildman–Crippen MR) is 62.0 cm³/mol. The van der Waals surface area contributed by atoms with Crippen LogP contribution in [0.1, 0.15) is 18.9 Å². The van der Waals surface area contributed by atoms with Gasteiger partial charge in [-0.25, -0.2) is 0 Å². The molecule has 14 heavy (non-hydrogen) atoms. The van der Waals surface area contributed by atoms with Crippen molar-refractivity contribution < 1.29 is 4.74 Å². The Bertz CT molecular complexity index is 217. The Kier molecular flexibility index (Phi) is 5.83. The van der Waals surface area contributed by atoms with Gasteiger partial charge in [0.25, 0.3) is 0 Å². The van der Waals surface area contributed by atoms with Crippen LogP contribution in [-0.4, -0.2) is 26.3 Å². The van der Waals surface area contributed by atoms with E-state index in [4.69, 9.17) is 4.74 Å². The normalized spacial score (nSPS) is 13.0. The van der Waals surface area contributed by atoms with Crippen LogP contribution in [0, 0.1) is 0 Å². The third-order valence-corrected chi connectivity index (χ3v) is 2.95. The maximum atomic E-state index is 5.17. The molecule has 0 aliphatic carbocycles. The minimum Gasteiger partial charge on any atom is -0.383 e. The van der Waals surface area contributed by atoms with Gasteiger partial charge in [-0.2, -0.15) is 11.3 Å². The molecule has 0 amide bonds. The number of aryl methyl sites for hydroxylation is 1. The molecule has 1 unspecified atom stereocenters. The predicted octanol–water partition coefficient (Wildman–Crippen LogP) is 2.31. The summed E-state index contributed by atoms with van der Waals surface area (Å²) in [5, 5.41) is 7.78. The smallest absolute Gasteiger partial charge is 0.0615 e. The first-order valence-corrected chi connectivity index (χ1v) is 6.04. The van der Waals surface area contributed by atoms with E-state index in [0.717, 1.165) is 26.0 Å². The summed E-state index contributed by atoms with van der Waals surface area (Å²) in [6.07, 6.45) is 2.29. The second-order valence-electron chi connectivity index (χ2n) is 3.38. The molecular weight excluding hydrogens is 194 g/mol. The van der Waals surface area contributed by atoms with Crippen molar-refractivity contribution in [1.29, 1.82) is 0 Å². The van der Waals surface area contributed by atoms with E-state index < -0.39 is 0 Å². The van der Waals surface area contributed by atoms with Gasteiger partial charge in [-0.3, -0.25) is 0 Å². The summed E-state index contributed by atoms with van der Waals surface area (Å²) < 4.78 is 5.17. The average Bonchev–Trinajstić information content (AvgIpc) is 2.67. The van der Waals surface area contributed by atoms with E-state index in [1.165, 1.54) is 5.56 Å². The number of likely N-dealkylation sites (N-methyl/N-ethyl adjacent to an activating group) is 1. The van der Waals surface area contributed by atoms with Crippen molar-refractivity contribution in [2.75, 3.05) is 20.3 Å². The van der Waals surface area contributed by atoms with Gasteiger partial charge in [-0.05, 0) is 41.8 Å². The minimum atomic E-state index is 0.491. The Labute approximate surface area is 90.3 Å². The Balaban J connectivity index is 2.25. The maximum Gasteiger partial charge on any atom is 0.0615 e. The van der Waals surface area contributed by atoms with Crippen molar-refractivity contribution in [3.63, 3.8) is 0 Å². The molecule has 2 nitrogen and oxygen atoms in total. The van der Waals surface area contributed by atoms with Gasteiger partial charge in [-0.1, -0.05) is 6.92 Å². The van der Waals surface area contributed by atoms with Gasteiger partial charge in [-0.15, -0.1) is 0 Å². The number of ether oxygens (including phenoxy) is 1. The van der Waals surface area contributed by atoms with Gasteiger partial charge in [0.2, 0.25) is 0 Å². The van der Waals surface area contributed by atoms with Gasteiger partial charge in [0, 0.05) is 13.2 Å². The Morgan fingerprint density at radius 2 is 2.43 bits per heavy atom. The van der Waals surface area contributed by atoms with Gasteiger partial charge in [0.05, 0.1) is 6.61 Å². The Hall–Kier alpha value is -0.380. The number of hydrogen-bond acceptors (Lipinski definition) is 3. The van der Waals surface area contributed by atoms with Crippen molar-refractivity contribution in [2.24, 2.45) is 0 Å². The lowest BCUT2D eigenvalue weighted by Gasteiger charge is -2.16. The highest BCUT2D eigenvalue weighted by molar-refractivity contribution is 7.07. The topological polar surface area (TPSA) is 21.3 Å². The molecule has 0 aromatic carbocycles. The molecule has 1 aromatic rings. The molecule has 3 heteroatoms. The highest BCUT2D eigenvalue weighted by atomic mass is 32.1. The monoisotopic (exact) mass is 213 g/mol. The highest BCUT2D eigenvalue weighted by Crippen LogP contribution is 2.09. The summed E-state index contributed by atoms with van der Waals surface area (Å²) in [7, 11) is 1.76. The molecule has 1 rings (SSSR count). The fourth-order valence-corrected chi connectivity index (χ4v) is 2.21. The maximum absolute atomic E-state index is 5.17. The lowest BCUT2D eigenvalue weighted by atomic mass is 10.1. The molecule has 0 saturated carbocycles. The van der Waals surface area contributed by atoms with E-state index in [1.807, 2.05) is 0 Å². The fourth-order valence-electron chi connectivity index (χ4n) is 1.51. The average molecular weight is 213 g/mol. The zero-order chi connectivity index (χ0) is 10.2.